The highest BCUT2D eigenvalue weighted by Crippen LogP contribution is 2.29. The first-order valence-electron chi connectivity index (χ1n) is 6.66. The summed E-state index contributed by atoms with van der Waals surface area (Å²) in [7, 11) is 0. The number of rotatable bonds is 2. The first kappa shape index (κ1) is 12.6. The minimum atomic E-state index is -0.825. The monoisotopic (exact) mass is 239 g/mol. The van der Waals surface area contributed by atoms with E-state index in [1.54, 1.807) is 0 Å². The van der Waals surface area contributed by atoms with Gasteiger partial charge in [-0.15, -0.1) is 0 Å². The topological polar surface area (TPSA) is 57.6 Å². The maximum absolute atomic E-state index is 11.8. The van der Waals surface area contributed by atoms with E-state index in [0.717, 1.165) is 32.1 Å². The van der Waals surface area contributed by atoms with Gasteiger partial charge in [0.15, 0.2) is 0 Å². The molecule has 2 aliphatic rings. The van der Waals surface area contributed by atoms with Crippen LogP contribution in [0.15, 0.2) is 0 Å². The second kappa shape index (κ2) is 5.17. The Morgan fingerprint density at radius 1 is 0.941 bits per heavy atom. The van der Waals surface area contributed by atoms with Crippen molar-refractivity contribution in [2.75, 3.05) is 6.54 Å². The zero-order valence-corrected chi connectivity index (χ0v) is 10.3. The normalized spacial score (nSPS) is 25.8. The molecule has 1 aliphatic carbocycles. The Morgan fingerprint density at radius 2 is 1.47 bits per heavy atom. The molecule has 0 bridgehead atoms. The molecule has 17 heavy (non-hydrogen) atoms. The summed E-state index contributed by atoms with van der Waals surface area (Å²) in [6.45, 7) is 0.213. The highest BCUT2D eigenvalue weighted by atomic mass is 16.3. The van der Waals surface area contributed by atoms with Crippen LogP contribution in [0.1, 0.15) is 57.8 Å². The number of β-amino-alcohol motifs (C(OH)–C–C–N with tert-alkyl or cyclic N) is 1. The summed E-state index contributed by atoms with van der Waals surface area (Å²) >= 11 is 0. The standard InChI is InChI=1S/C13H21NO3/c15-11-6-2-3-7-12(16)14(11)10-13(17)8-4-1-5-9-13/h17H,1-10H2. The van der Waals surface area contributed by atoms with Gasteiger partial charge in [0.1, 0.15) is 0 Å². The van der Waals surface area contributed by atoms with E-state index in [1.807, 2.05) is 0 Å². The van der Waals surface area contributed by atoms with Crippen molar-refractivity contribution in [2.45, 2.75) is 63.4 Å². The van der Waals surface area contributed by atoms with E-state index in [0.29, 0.717) is 25.7 Å². The van der Waals surface area contributed by atoms with E-state index in [-0.39, 0.29) is 18.4 Å². The molecule has 0 unspecified atom stereocenters. The van der Waals surface area contributed by atoms with Gasteiger partial charge in [0.2, 0.25) is 11.8 Å². The Bertz CT molecular complexity index is 290. The number of imide groups is 1. The van der Waals surface area contributed by atoms with Crippen molar-refractivity contribution < 1.29 is 14.7 Å². The Kier molecular flexibility index (Phi) is 3.82. The zero-order chi connectivity index (χ0) is 12.3. The lowest BCUT2D eigenvalue weighted by atomic mass is 9.84. The summed E-state index contributed by atoms with van der Waals surface area (Å²) in [5, 5.41) is 10.4. The summed E-state index contributed by atoms with van der Waals surface area (Å²) in [4.78, 5) is 25.0. The van der Waals surface area contributed by atoms with Gasteiger partial charge in [-0.25, -0.2) is 0 Å². The molecule has 0 aromatic rings. The quantitative estimate of drug-likeness (QED) is 0.745. The third kappa shape index (κ3) is 3.06. The van der Waals surface area contributed by atoms with Crippen LogP contribution in [-0.4, -0.2) is 34.0 Å². The van der Waals surface area contributed by atoms with E-state index in [1.165, 1.54) is 4.90 Å². The molecule has 4 heteroatoms. The van der Waals surface area contributed by atoms with Gasteiger partial charge in [-0.3, -0.25) is 14.5 Å². The summed E-state index contributed by atoms with van der Waals surface area (Å²) in [5.74, 6) is -0.210. The number of nitrogens with zero attached hydrogens (tertiary/aromatic N) is 1. The van der Waals surface area contributed by atoms with Crippen molar-refractivity contribution in [3.8, 4) is 0 Å². The van der Waals surface area contributed by atoms with Crippen molar-refractivity contribution in [2.24, 2.45) is 0 Å². The molecule has 1 aliphatic heterocycles. The van der Waals surface area contributed by atoms with E-state index < -0.39 is 5.60 Å². The molecule has 0 atom stereocenters. The van der Waals surface area contributed by atoms with E-state index in [2.05, 4.69) is 0 Å². The van der Waals surface area contributed by atoms with Gasteiger partial charge in [0, 0.05) is 12.8 Å². The lowest BCUT2D eigenvalue weighted by molar-refractivity contribution is -0.149. The molecule has 0 radical (unpaired) electrons. The Morgan fingerprint density at radius 3 is 2.00 bits per heavy atom. The molecule has 4 nitrogen and oxygen atoms in total. The first-order chi connectivity index (χ1) is 8.11. The molecule has 1 N–H and O–H groups in total. The fraction of sp³-hybridized carbons (Fsp3) is 0.846. The number of carbonyl (C=O) groups is 2. The van der Waals surface area contributed by atoms with Crippen molar-refractivity contribution >= 4 is 11.8 Å². The molecule has 96 valence electrons. The van der Waals surface area contributed by atoms with Crippen LogP contribution in [-0.2, 0) is 9.59 Å². The molecule has 0 aromatic heterocycles. The van der Waals surface area contributed by atoms with Crippen LogP contribution >= 0.6 is 0 Å². The minimum Gasteiger partial charge on any atom is -0.388 e. The van der Waals surface area contributed by atoms with Crippen molar-refractivity contribution in [1.29, 1.82) is 0 Å². The highest BCUT2D eigenvalue weighted by molar-refractivity contribution is 5.96. The molecule has 1 saturated heterocycles. The van der Waals surface area contributed by atoms with Gasteiger partial charge >= 0.3 is 0 Å². The summed E-state index contributed by atoms with van der Waals surface area (Å²) in [5.41, 5.74) is -0.825. The molecule has 1 saturated carbocycles. The second-order valence-corrected chi connectivity index (χ2v) is 5.37. The summed E-state index contributed by atoms with van der Waals surface area (Å²) < 4.78 is 0. The third-order valence-electron chi connectivity index (χ3n) is 3.87. The third-order valence-corrected chi connectivity index (χ3v) is 3.87. The van der Waals surface area contributed by atoms with Crippen molar-refractivity contribution in [3.05, 3.63) is 0 Å². The second-order valence-electron chi connectivity index (χ2n) is 5.37. The van der Waals surface area contributed by atoms with Gasteiger partial charge in [-0.2, -0.15) is 0 Å². The predicted molar refractivity (Wildman–Crippen MR) is 63.2 cm³/mol. The van der Waals surface area contributed by atoms with Gasteiger partial charge < -0.3 is 5.11 Å². The Balaban J connectivity index is 2.03. The molecule has 0 spiro atoms. The molecular weight excluding hydrogens is 218 g/mol. The number of aliphatic hydroxyl groups is 1. The predicted octanol–water partition coefficient (Wildman–Crippen LogP) is 1.61. The average molecular weight is 239 g/mol. The molecular formula is C13H21NO3. The fourth-order valence-electron chi connectivity index (χ4n) is 2.80. The van der Waals surface area contributed by atoms with Crippen LogP contribution in [0.3, 0.4) is 0 Å². The first-order valence-corrected chi connectivity index (χ1v) is 6.66. The van der Waals surface area contributed by atoms with Gasteiger partial charge in [-0.1, -0.05) is 19.3 Å². The number of hydrogen-bond donors (Lipinski definition) is 1. The van der Waals surface area contributed by atoms with E-state index in [4.69, 9.17) is 0 Å². The largest absolute Gasteiger partial charge is 0.388 e. The molecule has 2 fully saturated rings. The minimum absolute atomic E-state index is 0.105. The number of likely N-dealkylation sites (tertiary alicyclic amines) is 1. The molecule has 2 rings (SSSR count). The van der Waals surface area contributed by atoms with Crippen LogP contribution in [0, 0.1) is 0 Å². The smallest absolute Gasteiger partial charge is 0.229 e. The van der Waals surface area contributed by atoms with Crippen LogP contribution in [0.5, 0.6) is 0 Å². The lowest BCUT2D eigenvalue weighted by Gasteiger charge is -2.35. The van der Waals surface area contributed by atoms with Gasteiger partial charge in [0.25, 0.3) is 0 Å². The number of amides is 2. The van der Waals surface area contributed by atoms with E-state index in [9.17, 15) is 14.7 Å². The van der Waals surface area contributed by atoms with Crippen LogP contribution < -0.4 is 0 Å². The lowest BCUT2D eigenvalue weighted by Crippen LogP contribution is -2.48. The fourth-order valence-corrected chi connectivity index (χ4v) is 2.80. The van der Waals surface area contributed by atoms with Crippen molar-refractivity contribution in [1.82, 2.24) is 4.90 Å². The SMILES string of the molecule is O=C1CCCCC(=O)N1CC1(O)CCCCC1. The molecule has 2 amide bonds. The van der Waals surface area contributed by atoms with E-state index >= 15 is 0 Å². The summed E-state index contributed by atoms with van der Waals surface area (Å²) in [6.07, 6.45) is 7.03. The van der Waals surface area contributed by atoms with Crippen LogP contribution in [0.4, 0.5) is 0 Å². The zero-order valence-electron chi connectivity index (χ0n) is 10.3. The van der Waals surface area contributed by atoms with Crippen LogP contribution in [0.2, 0.25) is 0 Å². The van der Waals surface area contributed by atoms with Gasteiger partial charge in [0.05, 0.1) is 12.1 Å². The van der Waals surface area contributed by atoms with Crippen LogP contribution in [0.25, 0.3) is 0 Å². The summed E-state index contributed by atoms with van der Waals surface area (Å²) in [6, 6.07) is 0. The maximum Gasteiger partial charge on any atom is 0.229 e. The Hall–Kier alpha value is -0.900. The highest BCUT2D eigenvalue weighted by Gasteiger charge is 2.35. The average Bonchev–Trinajstić information content (AvgIpc) is 2.45. The molecule has 0 aromatic carbocycles. The Labute approximate surface area is 102 Å². The maximum atomic E-state index is 11.8. The molecule has 1 heterocycles. The number of hydrogen-bond acceptors (Lipinski definition) is 3. The van der Waals surface area contributed by atoms with Gasteiger partial charge in [-0.05, 0) is 25.7 Å². The number of carbonyl (C=O) groups excluding carboxylic acids is 2. The van der Waals surface area contributed by atoms with Crippen molar-refractivity contribution in [3.63, 3.8) is 0 Å².